The van der Waals surface area contributed by atoms with Crippen LogP contribution >= 0.6 is 23.5 Å². The Labute approximate surface area is 348 Å². The minimum atomic E-state index is -2.14. The molecule has 0 radical (unpaired) electrons. The van der Waals surface area contributed by atoms with Gasteiger partial charge in [0.2, 0.25) is 17.5 Å². The minimum absolute atomic E-state index is 0.0183. The number of hydrogen-bond acceptors (Lipinski definition) is 11. The molecule has 2 atom stereocenters. The van der Waals surface area contributed by atoms with Crippen molar-refractivity contribution in [2.24, 2.45) is 5.73 Å². The second kappa shape index (κ2) is 20.3. The highest BCUT2D eigenvalue weighted by Crippen LogP contribution is 2.48. The summed E-state index contributed by atoms with van der Waals surface area (Å²) < 4.78 is 17.0. The van der Waals surface area contributed by atoms with Gasteiger partial charge in [-0.05, 0) is 74.1 Å². The fourth-order valence-electron chi connectivity index (χ4n) is 6.08. The molecule has 5 rings (SSSR count). The second-order valence-corrected chi connectivity index (χ2v) is 16.7. The van der Waals surface area contributed by atoms with Gasteiger partial charge in [0, 0.05) is 18.4 Å². The molecule has 0 bridgehead atoms. The molecule has 0 saturated heterocycles. The standard InChI is InChI=1S/C45H50N4O7S2/c1-43(2,3)56-42(53)48-35(31-58-45(32-17-9-5-10-18-32,33-19-11-6-12-20-33)34-21-13-7-14-22-34)29-47-37-25-26-39(55-36-23-15-8-16-24-36)49-40(37)54-30-38(50)44(46,41(51)52)27-28-57-4/h5-26,35,47H,27-31,46H2,1-4H3,(H,48,53)(H,51,52)/t35?,44-/m1/s1. The van der Waals surface area contributed by atoms with Gasteiger partial charge in [-0.2, -0.15) is 16.7 Å². The number of thioether (sulfide) groups is 2. The number of para-hydroxylation sites is 1. The molecule has 11 nitrogen and oxygen atoms in total. The molecule has 58 heavy (non-hydrogen) atoms. The summed E-state index contributed by atoms with van der Waals surface area (Å²) in [6, 6.07) is 42.6. The highest BCUT2D eigenvalue weighted by molar-refractivity contribution is 8.00. The van der Waals surface area contributed by atoms with Crippen LogP contribution in [-0.4, -0.2) is 76.0 Å². The Bertz CT molecular complexity index is 1990. The van der Waals surface area contributed by atoms with E-state index < -0.39 is 46.4 Å². The Hall–Kier alpha value is -5.50. The molecular formula is C45H50N4O7S2. The van der Waals surface area contributed by atoms with E-state index in [1.807, 2.05) is 72.8 Å². The lowest BCUT2D eigenvalue weighted by atomic mass is 9.84. The molecular weight excluding hydrogens is 773 g/mol. The minimum Gasteiger partial charge on any atom is -0.480 e. The summed E-state index contributed by atoms with van der Waals surface area (Å²) in [5.74, 6) is -0.786. The lowest BCUT2D eigenvalue weighted by molar-refractivity contribution is -0.149. The molecule has 0 spiro atoms. The summed E-state index contributed by atoms with van der Waals surface area (Å²) in [4.78, 5) is 43.4. The van der Waals surface area contributed by atoms with E-state index in [2.05, 4.69) is 52.0 Å². The number of benzene rings is 4. The molecule has 5 aromatic rings. The van der Waals surface area contributed by atoms with E-state index in [0.717, 1.165) is 16.7 Å². The van der Waals surface area contributed by atoms with E-state index >= 15 is 0 Å². The van der Waals surface area contributed by atoms with Gasteiger partial charge in [-0.3, -0.25) is 4.79 Å². The number of hydrogen-bond donors (Lipinski definition) is 4. The van der Waals surface area contributed by atoms with E-state index in [1.54, 1.807) is 63.1 Å². The summed E-state index contributed by atoms with van der Waals surface area (Å²) in [5.41, 5.74) is 6.81. The largest absolute Gasteiger partial charge is 0.480 e. The lowest BCUT2D eigenvalue weighted by Crippen LogP contribution is -2.57. The van der Waals surface area contributed by atoms with Crippen molar-refractivity contribution < 1.29 is 33.7 Å². The summed E-state index contributed by atoms with van der Waals surface area (Å²) in [6.45, 7) is 4.93. The van der Waals surface area contributed by atoms with Crippen molar-refractivity contribution in [3.63, 3.8) is 0 Å². The number of anilines is 1. The Balaban J connectivity index is 1.48. The van der Waals surface area contributed by atoms with Gasteiger partial charge in [0.1, 0.15) is 11.4 Å². The van der Waals surface area contributed by atoms with Gasteiger partial charge in [-0.25, -0.2) is 9.59 Å². The van der Waals surface area contributed by atoms with Crippen LogP contribution in [0.3, 0.4) is 0 Å². The summed E-state index contributed by atoms with van der Waals surface area (Å²) >= 11 is 3.06. The van der Waals surface area contributed by atoms with E-state index in [-0.39, 0.29) is 24.7 Å². The molecule has 0 aliphatic rings. The van der Waals surface area contributed by atoms with Crippen LogP contribution in [0.5, 0.6) is 17.5 Å². The van der Waals surface area contributed by atoms with E-state index in [1.165, 1.54) is 11.8 Å². The Morgan fingerprint density at radius 2 is 1.33 bits per heavy atom. The van der Waals surface area contributed by atoms with Crippen molar-refractivity contribution >= 4 is 47.1 Å². The van der Waals surface area contributed by atoms with Crippen LogP contribution in [0.25, 0.3) is 0 Å². The van der Waals surface area contributed by atoms with Crippen LogP contribution in [0.1, 0.15) is 43.9 Å². The highest BCUT2D eigenvalue weighted by atomic mass is 32.2. The number of rotatable bonds is 20. The number of pyridine rings is 1. The zero-order chi connectivity index (χ0) is 41.6. The summed E-state index contributed by atoms with van der Waals surface area (Å²) in [6.07, 6.45) is 1.14. The number of alkyl carbamates (subject to hydrolysis) is 1. The molecule has 304 valence electrons. The van der Waals surface area contributed by atoms with Gasteiger partial charge < -0.3 is 35.7 Å². The lowest BCUT2D eigenvalue weighted by Gasteiger charge is -2.37. The SMILES string of the molecule is CSCC[C@](N)(C(=O)O)C(=O)COc1nc(Oc2ccccc2)ccc1NCC(CSC(c1ccccc1)(c1ccccc1)c1ccccc1)NC(=O)OC(C)(C)C. The van der Waals surface area contributed by atoms with E-state index in [4.69, 9.17) is 19.9 Å². The maximum Gasteiger partial charge on any atom is 0.407 e. The quantitative estimate of drug-likeness (QED) is 0.0439. The first kappa shape index (κ1) is 43.6. The Kier molecular flexibility index (Phi) is 15.2. The third-order valence-corrected chi connectivity index (χ3v) is 11.3. The first-order chi connectivity index (χ1) is 27.8. The number of aromatic nitrogens is 1. The number of carboxylic acid groups (broad SMARTS) is 1. The molecule has 1 amide bonds. The zero-order valence-corrected chi connectivity index (χ0v) is 34.7. The number of amides is 1. The van der Waals surface area contributed by atoms with Crippen molar-refractivity contribution in [2.45, 2.75) is 49.1 Å². The molecule has 13 heteroatoms. The topological polar surface area (TPSA) is 162 Å². The second-order valence-electron chi connectivity index (χ2n) is 14.5. The Morgan fingerprint density at radius 1 is 0.793 bits per heavy atom. The molecule has 0 fully saturated rings. The zero-order valence-electron chi connectivity index (χ0n) is 33.1. The van der Waals surface area contributed by atoms with Crippen molar-refractivity contribution in [3.05, 3.63) is 150 Å². The molecule has 1 heterocycles. The smallest absolute Gasteiger partial charge is 0.407 e. The molecule has 0 aliphatic carbocycles. The van der Waals surface area contributed by atoms with Crippen LogP contribution in [0.15, 0.2) is 133 Å². The highest BCUT2D eigenvalue weighted by Gasteiger charge is 2.42. The van der Waals surface area contributed by atoms with E-state index in [9.17, 15) is 19.5 Å². The number of ether oxygens (including phenoxy) is 3. The number of nitrogens with zero attached hydrogens (tertiary/aromatic N) is 1. The molecule has 5 N–H and O–H groups in total. The van der Waals surface area contributed by atoms with Crippen LogP contribution in [-0.2, 0) is 19.1 Å². The van der Waals surface area contributed by atoms with Gasteiger partial charge in [0.25, 0.3) is 0 Å². The number of carbonyl (C=O) groups excluding carboxylic acids is 2. The van der Waals surface area contributed by atoms with Crippen LogP contribution in [0.4, 0.5) is 10.5 Å². The van der Waals surface area contributed by atoms with Crippen molar-refractivity contribution in [1.82, 2.24) is 10.3 Å². The van der Waals surface area contributed by atoms with Crippen LogP contribution < -0.4 is 25.8 Å². The monoisotopic (exact) mass is 822 g/mol. The number of nitrogens with two attached hydrogens (primary N) is 1. The number of nitrogens with one attached hydrogen (secondary N) is 2. The molecule has 0 saturated carbocycles. The average Bonchev–Trinajstić information content (AvgIpc) is 3.22. The first-order valence-electron chi connectivity index (χ1n) is 18.8. The number of Topliss-reactive ketones (excluding diaryl/α,β-unsaturated/α-hetero) is 1. The van der Waals surface area contributed by atoms with Gasteiger partial charge in [-0.15, -0.1) is 11.8 Å². The fraction of sp³-hybridized carbons (Fsp3) is 0.289. The van der Waals surface area contributed by atoms with Crippen molar-refractivity contribution in [3.8, 4) is 17.5 Å². The average molecular weight is 823 g/mol. The van der Waals surface area contributed by atoms with Gasteiger partial charge >= 0.3 is 12.1 Å². The fourth-order valence-corrected chi connectivity index (χ4v) is 8.17. The van der Waals surface area contributed by atoms with Crippen LogP contribution in [0.2, 0.25) is 0 Å². The molecule has 0 aliphatic heterocycles. The third kappa shape index (κ3) is 11.6. The summed E-state index contributed by atoms with van der Waals surface area (Å²) in [5, 5.41) is 16.3. The number of carboxylic acids is 1. The molecule has 1 unspecified atom stereocenters. The normalized spacial score (nSPS) is 13.1. The van der Waals surface area contributed by atoms with Gasteiger partial charge in [-0.1, -0.05) is 109 Å². The van der Waals surface area contributed by atoms with Gasteiger partial charge in [0.15, 0.2) is 12.1 Å². The number of ketones is 1. The predicted molar refractivity (Wildman–Crippen MR) is 232 cm³/mol. The predicted octanol–water partition coefficient (Wildman–Crippen LogP) is 8.39. The van der Waals surface area contributed by atoms with Gasteiger partial charge in [0.05, 0.1) is 16.5 Å². The molecule has 4 aromatic carbocycles. The first-order valence-corrected chi connectivity index (χ1v) is 21.2. The maximum absolute atomic E-state index is 13.4. The summed E-state index contributed by atoms with van der Waals surface area (Å²) in [7, 11) is 0. The van der Waals surface area contributed by atoms with E-state index in [0.29, 0.717) is 22.9 Å². The Morgan fingerprint density at radius 3 is 1.83 bits per heavy atom. The van der Waals surface area contributed by atoms with Crippen molar-refractivity contribution in [1.29, 1.82) is 0 Å². The number of carbonyl (C=O) groups is 3. The third-order valence-electron chi connectivity index (χ3n) is 9.02. The molecule has 1 aromatic heterocycles. The van der Waals surface area contributed by atoms with Crippen molar-refractivity contribution in [2.75, 3.05) is 36.2 Å². The maximum atomic E-state index is 13.4. The number of aliphatic carboxylic acids is 1. The van der Waals surface area contributed by atoms with Crippen LogP contribution in [0, 0.1) is 0 Å².